The molecule has 0 radical (unpaired) electrons. The fourth-order valence-electron chi connectivity index (χ4n) is 1.62. The Bertz CT molecular complexity index is 371. The topological polar surface area (TPSA) is 37.3 Å². The van der Waals surface area contributed by atoms with E-state index in [0.29, 0.717) is 5.75 Å². The molecule has 2 atom stereocenters. The van der Waals surface area contributed by atoms with E-state index in [4.69, 9.17) is 4.55 Å². The molecule has 68 valence electrons. The Kier molecular flexibility index (Phi) is 2.29. The molecule has 2 unspecified atom stereocenters. The zero-order chi connectivity index (χ0) is 9.26. The van der Waals surface area contributed by atoms with Gasteiger partial charge >= 0.3 is 0 Å². The molecule has 0 heterocycles. The van der Waals surface area contributed by atoms with Gasteiger partial charge in [-0.05, 0) is 11.1 Å². The number of allylic oxidation sites excluding steroid dienone is 1. The average Bonchev–Trinajstić information content (AvgIpc) is 2.48. The maximum Gasteiger partial charge on any atom is 0.153 e. The minimum Gasteiger partial charge on any atom is -0.306 e. The van der Waals surface area contributed by atoms with Gasteiger partial charge in [-0.3, -0.25) is 0 Å². The van der Waals surface area contributed by atoms with Crippen molar-refractivity contribution in [3.05, 3.63) is 41.5 Å². The summed E-state index contributed by atoms with van der Waals surface area (Å²) in [5, 5.41) is 0. The fourth-order valence-corrected chi connectivity index (χ4v) is 2.22. The highest BCUT2D eigenvalue weighted by Gasteiger charge is 2.17. The third-order valence-electron chi connectivity index (χ3n) is 2.23. The summed E-state index contributed by atoms with van der Waals surface area (Å²) in [6.45, 7) is 0. The first-order valence-corrected chi connectivity index (χ1v) is 5.39. The van der Waals surface area contributed by atoms with Gasteiger partial charge in [0.25, 0.3) is 0 Å². The van der Waals surface area contributed by atoms with Gasteiger partial charge in [0, 0.05) is 5.92 Å². The van der Waals surface area contributed by atoms with Crippen molar-refractivity contribution in [2.45, 2.75) is 5.92 Å². The molecule has 0 saturated carbocycles. The van der Waals surface area contributed by atoms with Crippen LogP contribution in [0.5, 0.6) is 0 Å². The van der Waals surface area contributed by atoms with Crippen LogP contribution >= 0.6 is 0 Å². The van der Waals surface area contributed by atoms with Crippen LogP contribution in [-0.4, -0.2) is 14.5 Å². The molecule has 0 amide bonds. The summed E-state index contributed by atoms with van der Waals surface area (Å²) in [5.74, 6) is 0.412. The van der Waals surface area contributed by atoms with Crippen molar-refractivity contribution in [3.8, 4) is 0 Å². The molecule has 0 bridgehead atoms. The van der Waals surface area contributed by atoms with E-state index in [2.05, 4.69) is 0 Å². The van der Waals surface area contributed by atoms with Crippen LogP contribution in [0.2, 0.25) is 0 Å². The normalized spacial score (nSPS) is 21.5. The van der Waals surface area contributed by atoms with Crippen molar-refractivity contribution < 1.29 is 8.76 Å². The lowest BCUT2D eigenvalue weighted by atomic mass is 10.0. The number of benzene rings is 1. The molecule has 1 N–H and O–H groups in total. The van der Waals surface area contributed by atoms with Crippen molar-refractivity contribution in [1.82, 2.24) is 0 Å². The summed E-state index contributed by atoms with van der Waals surface area (Å²) < 4.78 is 19.4. The summed E-state index contributed by atoms with van der Waals surface area (Å²) >= 11 is -1.71. The molecule has 2 rings (SSSR count). The molecule has 1 aliphatic rings. The summed E-state index contributed by atoms with van der Waals surface area (Å²) in [5.41, 5.74) is 2.32. The average molecular weight is 194 g/mol. The number of hydrogen-bond donors (Lipinski definition) is 1. The third-order valence-corrected chi connectivity index (χ3v) is 2.87. The summed E-state index contributed by atoms with van der Waals surface area (Å²) in [7, 11) is 0. The number of rotatable bonds is 2. The third kappa shape index (κ3) is 1.71. The second-order valence-corrected chi connectivity index (χ2v) is 4.06. The number of fused-ring (bicyclic) bond motifs is 1. The summed E-state index contributed by atoms with van der Waals surface area (Å²) in [6, 6.07) is 7.96. The molecule has 0 aromatic heterocycles. The van der Waals surface area contributed by atoms with Crippen LogP contribution in [0, 0.1) is 0 Å². The van der Waals surface area contributed by atoms with Crippen LogP contribution in [0.15, 0.2) is 30.3 Å². The van der Waals surface area contributed by atoms with Crippen molar-refractivity contribution in [2.24, 2.45) is 0 Å². The second-order valence-electron chi connectivity index (χ2n) is 3.08. The molecular formula is C10H10O2S. The van der Waals surface area contributed by atoms with Gasteiger partial charge in [-0.15, -0.1) is 0 Å². The van der Waals surface area contributed by atoms with Gasteiger partial charge in [-0.2, -0.15) is 0 Å². The Morgan fingerprint density at radius 1 is 1.38 bits per heavy atom. The Morgan fingerprint density at radius 3 is 2.92 bits per heavy atom. The maximum absolute atomic E-state index is 10.6. The number of hydrogen-bond acceptors (Lipinski definition) is 1. The fraction of sp³-hybridized carbons (Fsp3) is 0.200. The standard InChI is InChI=1S/C10H10O2S/c11-13(12)7-9-6-5-8-3-1-2-4-10(8)9/h1-6,9H,7H2,(H,11,12). The highest BCUT2D eigenvalue weighted by molar-refractivity contribution is 7.79. The summed E-state index contributed by atoms with van der Waals surface area (Å²) in [6.07, 6.45) is 3.99. The smallest absolute Gasteiger partial charge is 0.153 e. The second kappa shape index (κ2) is 3.44. The van der Waals surface area contributed by atoms with Crippen LogP contribution in [0.25, 0.3) is 6.08 Å². The Balaban J connectivity index is 2.28. The van der Waals surface area contributed by atoms with Crippen LogP contribution in [0.4, 0.5) is 0 Å². The Morgan fingerprint density at radius 2 is 2.15 bits per heavy atom. The van der Waals surface area contributed by atoms with E-state index in [1.807, 2.05) is 36.4 Å². The lowest BCUT2D eigenvalue weighted by molar-refractivity contribution is 0.561. The van der Waals surface area contributed by atoms with Crippen molar-refractivity contribution in [3.63, 3.8) is 0 Å². The lowest BCUT2D eigenvalue weighted by Crippen LogP contribution is -2.04. The van der Waals surface area contributed by atoms with Gasteiger partial charge < -0.3 is 4.55 Å². The van der Waals surface area contributed by atoms with Crippen LogP contribution in [0.1, 0.15) is 17.0 Å². The molecule has 0 spiro atoms. The lowest BCUT2D eigenvalue weighted by Gasteiger charge is -2.07. The molecular weight excluding hydrogens is 184 g/mol. The van der Waals surface area contributed by atoms with Crippen LogP contribution in [0.3, 0.4) is 0 Å². The van der Waals surface area contributed by atoms with Crippen molar-refractivity contribution in [1.29, 1.82) is 0 Å². The van der Waals surface area contributed by atoms with E-state index in [0.717, 1.165) is 11.1 Å². The minimum atomic E-state index is -1.71. The molecule has 0 saturated heterocycles. The minimum absolute atomic E-state index is 0.113. The first-order valence-electron chi connectivity index (χ1n) is 4.12. The van der Waals surface area contributed by atoms with Crippen molar-refractivity contribution >= 4 is 17.2 Å². The van der Waals surface area contributed by atoms with Gasteiger partial charge in [0.1, 0.15) is 0 Å². The van der Waals surface area contributed by atoms with Gasteiger partial charge in [-0.1, -0.05) is 36.4 Å². The first kappa shape index (κ1) is 8.66. The van der Waals surface area contributed by atoms with E-state index in [1.54, 1.807) is 0 Å². The quantitative estimate of drug-likeness (QED) is 0.731. The molecule has 0 aliphatic heterocycles. The molecule has 3 heteroatoms. The highest BCUT2D eigenvalue weighted by atomic mass is 32.2. The SMILES string of the molecule is O=S(O)CC1C=Cc2ccccc21. The predicted octanol–water partition coefficient (Wildman–Crippen LogP) is 2.02. The zero-order valence-corrected chi connectivity index (χ0v) is 7.83. The Labute approximate surface area is 79.6 Å². The highest BCUT2D eigenvalue weighted by Crippen LogP contribution is 2.29. The Hall–Kier alpha value is -0.930. The first-order chi connectivity index (χ1) is 6.27. The summed E-state index contributed by atoms with van der Waals surface area (Å²) in [4.78, 5) is 0. The predicted molar refractivity (Wildman–Crippen MR) is 53.9 cm³/mol. The monoisotopic (exact) mass is 194 g/mol. The van der Waals surface area contributed by atoms with Gasteiger partial charge in [-0.25, -0.2) is 4.21 Å². The molecule has 0 fully saturated rings. The van der Waals surface area contributed by atoms with Crippen LogP contribution in [-0.2, 0) is 11.1 Å². The molecule has 1 aliphatic carbocycles. The molecule has 2 nitrogen and oxygen atoms in total. The van der Waals surface area contributed by atoms with E-state index in [-0.39, 0.29) is 5.92 Å². The van der Waals surface area contributed by atoms with Gasteiger partial charge in [0.15, 0.2) is 11.1 Å². The molecule has 1 aromatic carbocycles. The van der Waals surface area contributed by atoms with E-state index in [9.17, 15) is 4.21 Å². The van der Waals surface area contributed by atoms with E-state index < -0.39 is 11.1 Å². The zero-order valence-electron chi connectivity index (χ0n) is 7.01. The maximum atomic E-state index is 10.6. The van der Waals surface area contributed by atoms with E-state index in [1.165, 1.54) is 0 Å². The van der Waals surface area contributed by atoms with Crippen LogP contribution < -0.4 is 0 Å². The molecule has 13 heavy (non-hydrogen) atoms. The van der Waals surface area contributed by atoms with E-state index >= 15 is 0 Å². The van der Waals surface area contributed by atoms with Gasteiger partial charge in [0.2, 0.25) is 0 Å². The van der Waals surface area contributed by atoms with Gasteiger partial charge in [0.05, 0.1) is 5.75 Å². The molecule has 1 aromatic rings. The largest absolute Gasteiger partial charge is 0.306 e. The van der Waals surface area contributed by atoms with Crippen molar-refractivity contribution in [2.75, 3.05) is 5.75 Å².